The quantitative estimate of drug-likeness (QED) is 0.344. The van der Waals surface area contributed by atoms with Gasteiger partial charge in [0.05, 0.1) is 5.92 Å². The molecule has 0 radical (unpaired) electrons. The first-order chi connectivity index (χ1) is 16.5. The summed E-state index contributed by atoms with van der Waals surface area (Å²) in [7, 11) is 0. The van der Waals surface area contributed by atoms with Crippen LogP contribution in [0.3, 0.4) is 0 Å². The Kier molecular flexibility index (Phi) is 5.84. The lowest BCUT2D eigenvalue weighted by molar-refractivity contribution is -0.000255. The molecular formula is C30H24F2O2. The number of carbonyl (C=O) groups excluding carboxylic acids is 1. The van der Waals surface area contributed by atoms with Gasteiger partial charge in [0.15, 0.2) is 5.78 Å². The molecule has 0 aromatic heterocycles. The van der Waals surface area contributed by atoms with Gasteiger partial charge >= 0.3 is 0 Å². The van der Waals surface area contributed by atoms with Crippen LogP contribution in [0.1, 0.15) is 45.3 Å². The van der Waals surface area contributed by atoms with E-state index in [0.717, 1.165) is 11.1 Å². The van der Waals surface area contributed by atoms with Gasteiger partial charge in [-0.1, -0.05) is 84.9 Å². The Morgan fingerprint density at radius 1 is 0.706 bits per heavy atom. The summed E-state index contributed by atoms with van der Waals surface area (Å²) in [6, 6.07) is 30.5. The highest BCUT2D eigenvalue weighted by Crippen LogP contribution is 2.59. The fourth-order valence-corrected chi connectivity index (χ4v) is 5.45. The van der Waals surface area contributed by atoms with Crippen molar-refractivity contribution >= 4 is 5.78 Å². The minimum atomic E-state index is -1.47. The highest BCUT2D eigenvalue weighted by atomic mass is 19.1. The summed E-state index contributed by atoms with van der Waals surface area (Å²) in [5.41, 5.74) is 1.28. The molecule has 0 heterocycles. The lowest BCUT2D eigenvalue weighted by atomic mass is 9.73. The van der Waals surface area contributed by atoms with Crippen molar-refractivity contribution in [2.45, 2.75) is 23.9 Å². The molecule has 0 amide bonds. The number of Topliss-reactive ketones (excluding diaryl/α,β-unsaturated/α-hetero) is 1. The standard InChI is InChI=1S/C30H24F2O2/c31-24-15-11-20(12-16-24)26-19-30(34,23-9-5-2-6-10-23)28(29(33)22-7-3-1-4-8-22)27(26)21-13-17-25(32)18-14-21/h1-18,26-28,34H,19H2/t26-,27-,28-,30+/m1/s1. The van der Waals surface area contributed by atoms with E-state index >= 15 is 0 Å². The van der Waals surface area contributed by atoms with E-state index < -0.39 is 17.4 Å². The summed E-state index contributed by atoms with van der Waals surface area (Å²) >= 11 is 0. The number of hydrogen-bond acceptors (Lipinski definition) is 2. The molecule has 2 nitrogen and oxygen atoms in total. The van der Waals surface area contributed by atoms with Gasteiger partial charge in [0, 0.05) is 11.5 Å². The molecule has 0 bridgehead atoms. The summed E-state index contributed by atoms with van der Waals surface area (Å²) < 4.78 is 27.6. The third-order valence-electron chi connectivity index (χ3n) is 7.01. The maximum Gasteiger partial charge on any atom is 0.169 e. The Labute approximate surface area is 197 Å². The third kappa shape index (κ3) is 3.95. The van der Waals surface area contributed by atoms with E-state index in [-0.39, 0.29) is 29.8 Å². The van der Waals surface area contributed by atoms with Crippen molar-refractivity contribution in [2.24, 2.45) is 5.92 Å². The maximum atomic E-state index is 14.0. The number of rotatable bonds is 5. The molecule has 4 aromatic carbocycles. The van der Waals surface area contributed by atoms with Gasteiger partial charge in [-0.3, -0.25) is 4.79 Å². The van der Waals surface area contributed by atoms with E-state index in [1.807, 2.05) is 36.4 Å². The molecule has 1 aliphatic rings. The first kappa shape index (κ1) is 22.2. The van der Waals surface area contributed by atoms with E-state index in [1.54, 1.807) is 48.5 Å². The first-order valence-corrected chi connectivity index (χ1v) is 11.4. The predicted octanol–water partition coefficient (Wildman–Crippen LogP) is 6.62. The molecule has 4 heteroatoms. The summed E-state index contributed by atoms with van der Waals surface area (Å²) in [5.74, 6) is -2.44. The van der Waals surface area contributed by atoms with Gasteiger partial charge in [-0.2, -0.15) is 0 Å². The molecule has 1 aliphatic carbocycles. The van der Waals surface area contributed by atoms with E-state index in [4.69, 9.17) is 0 Å². The van der Waals surface area contributed by atoms with Crippen molar-refractivity contribution in [3.63, 3.8) is 0 Å². The van der Waals surface area contributed by atoms with Gasteiger partial charge < -0.3 is 5.11 Å². The highest BCUT2D eigenvalue weighted by molar-refractivity contribution is 5.99. The van der Waals surface area contributed by atoms with Crippen LogP contribution in [-0.2, 0) is 5.60 Å². The lowest BCUT2D eigenvalue weighted by Gasteiger charge is -2.32. The van der Waals surface area contributed by atoms with Crippen molar-refractivity contribution in [1.29, 1.82) is 0 Å². The van der Waals surface area contributed by atoms with E-state index in [9.17, 15) is 18.7 Å². The van der Waals surface area contributed by atoms with Crippen LogP contribution in [0.5, 0.6) is 0 Å². The smallest absolute Gasteiger partial charge is 0.169 e. The van der Waals surface area contributed by atoms with Crippen LogP contribution in [0.15, 0.2) is 109 Å². The molecular weight excluding hydrogens is 430 g/mol. The average Bonchev–Trinajstić information content (AvgIpc) is 3.20. The molecule has 5 rings (SSSR count). The van der Waals surface area contributed by atoms with Crippen molar-refractivity contribution < 1.29 is 18.7 Å². The number of hydrogen-bond donors (Lipinski definition) is 1. The van der Waals surface area contributed by atoms with Gasteiger partial charge in [-0.15, -0.1) is 0 Å². The molecule has 0 unspecified atom stereocenters. The molecule has 170 valence electrons. The fourth-order valence-electron chi connectivity index (χ4n) is 5.45. The summed E-state index contributed by atoms with van der Waals surface area (Å²) in [6.07, 6.45) is 0.272. The van der Waals surface area contributed by atoms with Gasteiger partial charge in [0.25, 0.3) is 0 Å². The van der Waals surface area contributed by atoms with E-state index in [2.05, 4.69) is 0 Å². The van der Waals surface area contributed by atoms with Crippen LogP contribution in [0, 0.1) is 17.6 Å². The van der Waals surface area contributed by atoms with Crippen LogP contribution < -0.4 is 0 Å². The molecule has 0 spiro atoms. The van der Waals surface area contributed by atoms with Crippen molar-refractivity contribution in [2.75, 3.05) is 0 Å². The topological polar surface area (TPSA) is 37.3 Å². The van der Waals surface area contributed by atoms with Gasteiger partial charge in [0.2, 0.25) is 0 Å². The van der Waals surface area contributed by atoms with Crippen LogP contribution >= 0.6 is 0 Å². The van der Waals surface area contributed by atoms with Gasteiger partial charge in [-0.25, -0.2) is 8.78 Å². The largest absolute Gasteiger partial charge is 0.384 e. The number of ketones is 1. The molecule has 4 atom stereocenters. The lowest BCUT2D eigenvalue weighted by Crippen LogP contribution is -2.38. The minimum Gasteiger partial charge on any atom is -0.384 e. The zero-order chi connectivity index (χ0) is 23.7. The summed E-state index contributed by atoms with van der Waals surface area (Å²) in [4.78, 5) is 14.0. The molecule has 1 saturated carbocycles. The van der Waals surface area contributed by atoms with E-state index in [1.165, 1.54) is 24.3 Å². The highest BCUT2D eigenvalue weighted by Gasteiger charge is 2.57. The normalized spacial score (nSPS) is 24.1. The SMILES string of the molecule is O=C(c1ccccc1)[C@H]1[C@H](c2ccc(F)cc2)[C@@H](c2ccc(F)cc2)C[C@]1(O)c1ccccc1. The second-order valence-corrected chi connectivity index (χ2v) is 8.94. The molecule has 34 heavy (non-hydrogen) atoms. The summed E-state index contributed by atoms with van der Waals surface area (Å²) in [6.45, 7) is 0. The Hall–Kier alpha value is -3.63. The molecule has 0 aliphatic heterocycles. The van der Waals surface area contributed by atoms with Crippen molar-refractivity contribution in [1.82, 2.24) is 0 Å². The molecule has 1 fully saturated rings. The van der Waals surface area contributed by atoms with Crippen LogP contribution in [0.4, 0.5) is 8.78 Å². The monoisotopic (exact) mass is 454 g/mol. The number of carbonyl (C=O) groups is 1. The number of halogens is 2. The Morgan fingerprint density at radius 3 is 1.76 bits per heavy atom. The first-order valence-electron chi connectivity index (χ1n) is 11.4. The predicted molar refractivity (Wildman–Crippen MR) is 128 cm³/mol. The zero-order valence-corrected chi connectivity index (χ0v) is 18.4. The van der Waals surface area contributed by atoms with E-state index in [0.29, 0.717) is 11.1 Å². The average molecular weight is 455 g/mol. The fraction of sp³-hybridized carbons (Fsp3) is 0.167. The zero-order valence-electron chi connectivity index (χ0n) is 18.4. The van der Waals surface area contributed by atoms with Crippen molar-refractivity contribution in [3.8, 4) is 0 Å². The Balaban J connectivity index is 1.72. The second-order valence-electron chi connectivity index (χ2n) is 8.94. The molecule has 0 saturated heterocycles. The minimum absolute atomic E-state index is 0.175. The molecule has 4 aromatic rings. The molecule has 1 N–H and O–H groups in total. The Bertz CT molecular complexity index is 1270. The van der Waals surface area contributed by atoms with Crippen LogP contribution in [0.2, 0.25) is 0 Å². The number of benzene rings is 4. The summed E-state index contributed by atoms with van der Waals surface area (Å²) in [5, 5.41) is 12.3. The maximum absolute atomic E-state index is 14.0. The Morgan fingerprint density at radius 2 is 1.21 bits per heavy atom. The van der Waals surface area contributed by atoms with Gasteiger partial charge in [-0.05, 0) is 53.3 Å². The van der Waals surface area contributed by atoms with Gasteiger partial charge in [0.1, 0.15) is 17.2 Å². The van der Waals surface area contributed by atoms with Crippen LogP contribution in [0.25, 0.3) is 0 Å². The van der Waals surface area contributed by atoms with Crippen LogP contribution in [-0.4, -0.2) is 10.9 Å². The second kappa shape index (κ2) is 8.96. The number of aliphatic hydroxyl groups is 1. The third-order valence-corrected chi connectivity index (χ3v) is 7.01. The van der Waals surface area contributed by atoms with Crippen molar-refractivity contribution in [3.05, 3.63) is 143 Å².